The number of hydrogen-bond donors (Lipinski definition) is 1. The Morgan fingerprint density at radius 1 is 1.50 bits per heavy atom. The lowest BCUT2D eigenvalue weighted by Crippen LogP contribution is -1.98. The molecule has 2 aromatic heterocycles. The molecule has 0 radical (unpaired) electrons. The van der Waals surface area contributed by atoms with Crippen LogP contribution in [0.5, 0.6) is 0 Å². The summed E-state index contributed by atoms with van der Waals surface area (Å²) in [5.41, 5.74) is 0.141. The van der Waals surface area contributed by atoms with Gasteiger partial charge in [-0.05, 0) is 22.9 Å². The highest BCUT2D eigenvalue weighted by atomic mass is 32.1. The summed E-state index contributed by atoms with van der Waals surface area (Å²) in [7, 11) is 0. The van der Waals surface area contributed by atoms with Crippen molar-refractivity contribution < 1.29 is 9.90 Å². The van der Waals surface area contributed by atoms with E-state index in [0.717, 1.165) is 10.1 Å². The van der Waals surface area contributed by atoms with Crippen LogP contribution >= 0.6 is 11.3 Å². The second-order valence-electron chi connectivity index (χ2n) is 2.30. The van der Waals surface area contributed by atoms with Gasteiger partial charge < -0.3 is 5.11 Å². The number of pyridine rings is 1. The van der Waals surface area contributed by atoms with Crippen LogP contribution in [0.2, 0.25) is 0 Å². The smallest absolute Gasteiger partial charge is 0.355 e. The monoisotopic (exact) mass is 179 g/mol. The van der Waals surface area contributed by atoms with Crippen molar-refractivity contribution >= 4 is 27.4 Å². The number of nitrogens with zero attached hydrogens (tertiary/aromatic N) is 1. The van der Waals surface area contributed by atoms with E-state index in [2.05, 4.69) is 4.98 Å². The molecule has 0 spiro atoms. The van der Waals surface area contributed by atoms with E-state index in [-0.39, 0.29) is 5.69 Å². The molecule has 60 valence electrons. The SMILES string of the molecule is O=C(O)c1nccc2ccsc12. The predicted molar refractivity (Wildman–Crippen MR) is 46.6 cm³/mol. The van der Waals surface area contributed by atoms with Gasteiger partial charge in [-0.25, -0.2) is 9.78 Å². The zero-order chi connectivity index (χ0) is 8.55. The molecule has 0 amide bonds. The summed E-state index contributed by atoms with van der Waals surface area (Å²) in [6.07, 6.45) is 1.51. The Kier molecular flexibility index (Phi) is 1.55. The van der Waals surface area contributed by atoms with Gasteiger partial charge in [-0.2, -0.15) is 0 Å². The Balaban J connectivity index is 2.82. The minimum Gasteiger partial charge on any atom is -0.476 e. The first kappa shape index (κ1) is 7.24. The molecule has 0 atom stereocenters. The van der Waals surface area contributed by atoms with Gasteiger partial charge in [0, 0.05) is 6.20 Å². The maximum atomic E-state index is 10.7. The van der Waals surface area contributed by atoms with Crippen LogP contribution in [-0.2, 0) is 0 Å². The molecular formula is C8H5NO2S. The maximum absolute atomic E-state index is 10.7. The van der Waals surface area contributed by atoms with E-state index in [4.69, 9.17) is 5.11 Å². The molecule has 3 nitrogen and oxygen atoms in total. The first-order valence-electron chi connectivity index (χ1n) is 3.34. The maximum Gasteiger partial charge on any atom is 0.355 e. The van der Waals surface area contributed by atoms with Crippen LogP contribution in [0.1, 0.15) is 10.5 Å². The largest absolute Gasteiger partial charge is 0.476 e. The fourth-order valence-corrected chi connectivity index (χ4v) is 1.92. The molecule has 0 unspecified atom stereocenters. The van der Waals surface area contributed by atoms with Crippen molar-refractivity contribution in [1.82, 2.24) is 4.98 Å². The quantitative estimate of drug-likeness (QED) is 0.728. The molecule has 1 N–H and O–H groups in total. The first-order chi connectivity index (χ1) is 5.79. The van der Waals surface area contributed by atoms with Crippen molar-refractivity contribution in [3.63, 3.8) is 0 Å². The van der Waals surface area contributed by atoms with E-state index in [0.29, 0.717) is 0 Å². The highest BCUT2D eigenvalue weighted by Gasteiger charge is 2.09. The number of aromatic nitrogens is 1. The van der Waals surface area contributed by atoms with E-state index < -0.39 is 5.97 Å². The molecule has 2 aromatic rings. The van der Waals surface area contributed by atoms with E-state index in [1.54, 1.807) is 6.07 Å². The molecule has 2 rings (SSSR count). The van der Waals surface area contributed by atoms with Gasteiger partial charge in [0.2, 0.25) is 0 Å². The zero-order valence-electron chi connectivity index (χ0n) is 6.02. The minimum atomic E-state index is -0.969. The van der Waals surface area contributed by atoms with Crippen molar-refractivity contribution in [2.45, 2.75) is 0 Å². The van der Waals surface area contributed by atoms with Crippen LogP contribution in [0.4, 0.5) is 0 Å². The molecule has 0 aromatic carbocycles. The third-order valence-electron chi connectivity index (χ3n) is 1.57. The molecule has 4 heteroatoms. The fourth-order valence-electron chi connectivity index (χ4n) is 1.05. The molecule has 2 heterocycles. The van der Waals surface area contributed by atoms with Gasteiger partial charge in [-0.15, -0.1) is 11.3 Å². The van der Waals surface area contributed by atoms with Gasteiger partial charge >= 0.3 is 5.97 Å². The average Bonchev–Trinajstić information content (AvgIpc) is 2.49. The number of rotatable bonds is 1. The van der Waals surface area contributed by atoms with Crippen LogP contribution in [-0.4, -0.2) is 16.1 Å². The van der Waals surface area contributed by atoms with Crippen LogP contribution in [0.25, 0.3) is 10.1 Å². The van der Waals surface area contributed by atoms with Crippen molar-refractivity contribution in [2.75, 3.05) is 0 Å². The second-order valence-corrected chi connectivity index (χ2v) is 3.22. The molecule has 0 aliphatic carbocycles. The summed E-state index contributed by atoms with van der Waals surface area (Å²) in [4.78, 5) is 14.4. The van der Waals surface area contributed by atoms with Gasteiger partial charge in [0.05, 0.1) is 4.70 Å². The number of carboxylic acids is 1. The van der Waals surface area contributed by atoms with Crippen LogP contribution < -0.4 is 0 Å². The number of aromatic carboxylic acids is 1. The van der Waals surface area contributed by atoms with Crippen molar-refractivity contribution in [3.8, 4) is 0 Å². The Labute approximate surface area is 72.3 Å². The normalized spacial score (nSPS) is 10.3. The number of hydrogen-bond acceptors (Lipinski definition) is 3. The Hall–Kier alpha value is -1.42. The van der Waals surface area contributed by atoms with Gasteiger partial charge in [0.1, 0.15) is 0 Å². The molecule has 12 heavy (non-hydrogen) atoms. The summed E-state index contributed by atoms with van der Waals surface area (Å²) in [5.74, 6) is -0.969. The molecule has 0 aliphatic heterocycles. The number of carboxylic acid groups (broad SMARTS) is 1. The summed E-state index contributed by atoms with van der Waals surface area (Å²) < 4.78 is 0.741. The van der Waals surface area contributed by atoms with Crippen LogP contribution in [0, 0.1) is 0 Å². The highest BCUT2D eigenvalue weighted by Crippen LogP contribution is 2.22. The van der Waals surface area contributed by atoms with Crippen molar-refractivity contribution in [1.29, 1.82) is 0 Å². The predicted octanol–water partition coefficient (Wildman–Crippen LogP) is 1.99. The summed E-state index contributed by atoms with van der Waals surface area (Å²) in [6.45, 7) is 0. The lowest BCUT2D eigenvalue weighted by Gasteiger charge is -1.93. The van der Waals surface area contributed by atoms with Crippen molar-refractivity contribution in [2.24, 2.45) is 0 Å². The van der Waals surface area contributed by atoms with E-state index in [9.17, 15) is 4.79 Å². The topological polar surface area (TPSA) is 50.2 Å². The average molecular weight is 179 g/mol. The van der Waals surface area contributed by atoms with Crippen LogP contribution in [0.15, 0.2) is 23.7 Å². The van der Waals surface area contributed by atoms with Gasteiger partial charge in [0.25, 0.3) is 0 Å². The number of thiophene rings is 1. The fraction of sp³-hybridized carbons (Fsp3) is 0. The standard InChI is InChI=1S/C8H5NO2S/c10-8(11)6-7-5(1-3-9-6)2-4-12-7/h1-4H,(H,10,11). The number of fused-ring (bicyclic) bond motifs is 1. The Morgan fingerprint density at radius 3 is 3.08 bits per heavy atom. The van der Waals surface area contributed by atoms with Gasteiger partial charge in [-0.3, -0.25) is 0 Å². The van der Waals surface area contributed by atoms with E-state index in [1.807, 2.05) is 11.4 Å². The molecule has 0 saturated carbocycles. The van der Waals surface area contributed by atoms with Gasteiger partial charge in [-0.1, -0.05) is 0 Å². The summed E-state index contributed by atoms with van der Waals surface area (Å²) >= 11 is 1.40. The highest BCUT2D eigenvalue weighted by molar-refractivity contribution is 7.17. The molecular weight excluding hydrogens is 174 g/mol. The van der Waals surface area contributed by atoms with E-state index >= 15 is 0 Å². The molecule has 0 bridgehead atoms. The minimum absolute atomic E-state index is 0.141. The van der Waals surface area contributed by atoms with E-state index in [1.165, 1.54) is 17.5 Å². The summed E-state index contributed by atoms with van der Waals surface area (Å²) in [6, 6.07) is 3.69. The molecule has 0 fully saturated rings. The Bertz CT molecular complexity index is 435. The number of carbonyl (C=O) groups is 1. The third-order valence-corrected chi connectivity index (χ3v) is 2.51. The Morgan fingerprint density at radius 2 is 2.33 bits per heavy atom. The zero-order valence-corrected chi connectivity index (χ0v) is 6.84. The first-order valence-corrected chi connectivity index (χ1v) is 4.22. The van der Waals surface area contributed by atoms with Gasteiger partial charge in [0.15, 0.2) is 5.69 Å². The molecule has 0 aliphatic rings. The lowest BCUT2D eigenvalue weighted by molar-refractivity contribution is 0.0693. The third kappa shape index (κ3) is 0.967. The second kappa shape index (κ2) is 2.57. The van der Waals surface area contributed by atoms with Crippen LogP contribution in [0.3, 0.4) is 0 Å². The summed E-state index contributed by atoms with van der Waals surface area (Å²) in [5, 5.41) is 11.5. The molecule has 0 saturated heterocycles. The lowest BCUT2D eigenvalue weighted by atomic mass is 10.3. The van der Waals surface area contributed by atoms with Crippen molar-refractivity contribution in [3.05, 3.63) is 29.4 Å².